The monoisotopic (exact) mass is 236 g/mol. The Balaban J connectivity index is 1.96. The van der Waals surface area contributed by atoms with Gasteiger partial charge >= 0.3 is 0 Å². The number of aromatic nitrogens is 1. The molecule has 17 heavy (non-hydrogen) atoms. The van der Waals surface area contributed by atoms with Crippen LogP contribution in [0.2, 0.25) is 0 Å². The minimum atomic E-state index is 0.727. The molecule has 0 aliphatic carbocycles. The van der Waals surface area contributed by atoms with Gasteiger partial charge in [0, 0.05) is 32.2 Å². The number of nitrogens with zero attached hydrogens (tertiary/aromatic N) is 3. The largest absolute Gasteiger partial charge is 0.361 e. The van der Waals surface area contributed by atoms with Crippen LogP contribution in [-0.4, -0.2) is 36.2 Å². The van der Waals surface area contributed by atoms with Gasteiger partial charge in [-0.3, -0.25) is 4.99 Å². The lowest BCUT2D eigenvalue weighted by Gasteiger charge is -2.20. The molecule has 1 aromatic heterocycles. The highest BCUT2D eigenvalue weighted by Crippen LogP contribution is 2.12. The van der Waals surface area contributed by atoms with Gasteiger partial charge < -0.3 is 14.7 Å². The zero-order chi connectivity index (χ0) is 12.3. The van der Waals surface area contributed by atoms with Crippen LogP contribution in [0.1, 0.15) is 29.9 Å². The minimum absolute atomic E-state index is 0.727. The third-order valence-electron chi connectivity index (χ3n) is 3.22. The fourth-order valence-corrected chi connectivity index (χ4v) is 2.18. The average molecular weight is 236 g/mol. The molecule has 0 spiro atoms. The number of nitrogens with one attached hydrogen (secondary N) is 1. The lowest BCUT2D eigenvalue weighted by atomic mass is 10.2. The summed E-state index contributed by atoms with van der Waals surface area (Å²) in [6.45, 7) is 6.83. The molecule has 1 aliphatic heterocycles. The van der Waals surface area contributed by atoms with Crippen LogP contribution in [0.4, 0.5) is 0 Å². The second kappa shape index (κ2) is 5.21. The topological polar surface area (TPSA) is 53.7 Å². The SMILES string of the molecule is CN=C(NCc1c(C)noc1C)N1CCCC1. The van der Waals surface area contributed by atoms with Crippen molar-refractivity contribution in [1.29, 1.82) is 0 Å². The molecule has 0 atom stereocenters. The van der Waals surface area contributed by atoms with Gasteiger partial charge in [0.15, 0.2) is 5.96 Å². The highest BCUT2D eigenvalue weighted by Gasteiger charge is 2.16. The van der Waals surface area contributed by atoms with Gasteiger partial charge in [0.1, 0.15) is 5.76 Å². The number of hydrogen-bond acceptors (Lipinski definition) is 3. The average Bonchev–Trinajstić information content (AvgIpc) is 2.94. The maximum Gasteiger partial charge on any atom is 0.193 e. The van der Waals surface area contributed by atoms with E-state index in [1.807, 2.05) is 20.9 Å². The van der Waals surface area contributed by atoms with Crippen molar-refractivity contribution in [2.75, 3.05) is 20.1 Å². The normalized spacial score (nSPS) is 16.6. The molecule has 5 nitrogen and oxygen atoms in total. The summed E-state index contributed by atoms with van der Waals surface area (Å²) in [5, 5.41) is 7.32. The highest BCUT2D eigenvalue weighted by molar-refractivity contribution is 5.80. The van der Waals surface area contributed by atoms with Crippen molar-refractivity contribution in [3.8, 4) is 0 Å². The Morgan fingerprint density at radius 2 is 2.12 bits per heavy atom. The van der Waals surface area contributed by atoms with Gasteiger partial charge in [0.25, 0.3) is 0 Å². The predicted octanol–water partition coefficient (Wildman–Crippen LogP) is 1.46. The van der Waals surface area contributed by atoms with Crippen LogP contribution in [0, 0.1) is 13.8 Å². The van der Waals surface area contributed by atoms with E-state index in [1.165, 1.54) is 12.8 Å². The first-order chi connectivity index (χ1) is 8.22. The molecule has 2 rings (SSSR count). The van der Waals surface area contributed by atoms with Crippen molar-refractivity contribution < 1.29 is 4.52 Å². The maximum atomic E-state index is 5.14. The van der Waals surface area contributed by atoms with Crippen LogP contribution in [0.25, 0.3) is 0 Å². The molecule has 1 aromatic rings. The maximum absolute atomic E-state index is 5.14. The Morgan fingerprint density at radius 3 is 2.65 bits per heavy atom. The summed E-state index contributed by atoms with van der Waals surface area (Å²) in [6.07, 6.45) is 2.51. The summed E-state index contributed by atoms with van der Waals surface area (Å²) in [5.41, 5.74) is 2.08. The Labute approximate surface area is 102 Å². The molecule has 2 heterocycles. The Hall–Kier alpha value is -1.52. The van der Waals surface area contributed by atoms with Crippen molar-refractivity contribution in [3.05, 3.63) is 17.0 Å². The molecule has 0 amide bonds. The molecule has 1 saturated heterocycles. The number of aliphatic imine (C=N–C) groups is 1. The van der Waals surface area contributed by atoms with Crippen LogP contribution in [-0.2, 0) is 6.54 Å². The van der Waals surface area contributed by atoms with Crippen molar-refractivity contribution in [1.82, 2.24) is 15.4 Å². The molecular weight excluding hydrogens is 216 g/mol. The van der Waals surface area contributed by atoms with Gasteiger partial charge in [-0.2, -0.15) is 0 Å². The van der Waals surface area contributed by atoms with Crippen molar-refractivity contribution in [2.24, 2.45) is 4.99 Å². The van der Waals surface area contributed by atoms with E-state index in [9.17, 15) is 0 Å². The zero-order valence-electron chi connectivity index (χ0n) is 10.8. The summed E-state index contributed by atoms with van der Waals surface area (Å²) in [5.74, 6) is 1.86. The number of hydrogen-bond donors (Lipinski definition) is 1. The zero-order valence-corrected chi connectivity index (χ0v) is 10.8. The van der Waals surface area contributed by atoms with E-state index in [0.717, 1.165) is 42.6 Å². The fourth-order valence-electron chi connectivity index (χ4n) is 2.18. The fraction of sp³-hybridized carbons (Fsp3) is 0.667. The Bertz CT molecular complexity index is 385. The quantitative estimate of drug-likeness (QED) is 0.624. The van der Waals surface area contributed by atoms with Crippen LogP contribution >= 0.6 is 0 Å². The number of aryl methyl sites for hydroxylation is 2. The highest BCUT2D eigenvalue weighted by atomic mass is 16.5. The van der Waals surface area contributed by atoms with E-state index in [4.69, 9.17) is 4.52 Å². The number of rotatable bonds is 2. The van der Waals surface area contributed by atoms with Gasteiger partial charge in [-0.05, 0) is 26.7 Å². The number of guanidine groups is 1. The third-order valence-corrected chi connectivity index (χ3v) is 3.22. The molecule has 5 heteroatoms. The van der Waals surface area contributed by atoms with E-state index < -0.39 is 0 Å². The minimum Gasteiger partial charge on any atom is -0.361 e. The first-order valence-corrected chi connectivity index (χ1v) is 6.09. The molecule has 0 bridgehead atoms. The molecule has 1 fully saturated rings. The van der Waals surface area contributed by atoms with E-state index in [2.05, 4.69) is 20.4 Å². The van der Waals surface area contributed by atoms with Crippen LogP contribution in [0.5, 0.6) is 0 Å². The van der Waals surface area contributed by atoms with E-state index >= 15 is 0 Å². The van der Waals surface area contributed by atoms with Gasteiger partial charge in [-0.15, -0.1) is 0 Å². The summed E-state index contributed by atoms with van der Waals surface area (Å²) < 4.78 is 5.14. The Morgan fingerprint density at radius 1 is 1.41 bits per heavy atom. The van der Waals surface area contributed by atoms with Gasteiger partial charge in [0.2, 0.25) is 0 Å². The summed E-state index contributed by atoms with van der Waals surface area (Å²) in [7, 11) is 1.83. The van der Waals surface area contributed by atoms with Crippen LogP contribution < -0.4 is 5.32 Å². The van der Waals surface area contributed by atoms with E-state index in [1.54, 1.807) is 0 Å². The molecule has 0 radical (unpaired) electrons. The van der Waals surface area contributed by atoms with Crippen LogP contribution in [0.15, 0.2) is 9.52 Å². The smallest absolute Gasteiger partial charge is 0.193 e. The first kappa shape index (κ1) is 12.0. The van der Waals surface area contributed by atoms with Gasteiger partial charge in [-0.25, -0.2) is 0 Å². The van der Waals surface area contributed by atoms with E-state index in [-0.39, 0.29) is 0 Å². The lowest BCUT2D eigenvalue weighted by molar-refractivity contribution is 0.392. The number of likely N-dealkylation sites (tertiary alicyclic amines) is 1. The van der Waals surface area contributed by atoms with Gasteiger partial charge in [-0.1, -0.05) is 5.16 Å². The third kappa shape index (κ3) is 2.60. The summed E-state index contributed by atoms with van der Waals surface area (Å²) in [4.78, 5) is 6.60. The molecule has 94 valence electrons. The standard InChI is InChI=1S/C12H20N4O/c1-9-11(10(2)17-15-9)8-14-12(13-3)16-6-4-5-7-16/h4-8H2,1-3H3,(H,13,14). The summed E-state index contributed by atoms with van der Waals surface area (Å²) >= 11 is 0. The van der Waals surface area contributed by atoms with Crippen LogP contribution in [0.3, 0.4) is 0 Å². The van der Waals surface area contributed by atoms with Crippen molar-refractivity contribution >= 4 is 5.96 Å². The summed E-state index contributed by atoms with van der Waals surface area (Å²) in [6, 6.07) is 0. The molecule has 0 saturated carbocycles. The van der Waals surface area contributed by atoms with E-state index in [0.29, 0.717) is 0 Å². The predicted molar refractivity (Wildman–Crippen MR) is 67.0 cm³/mol. The molecule has 0 unspecified atom stereocenters. The molecule has 1 N–H and O–H groups in total. The Kier molecular flexibility index (Phi) is 3.66. The van der Waals surface area contributed by atoms with Crippen molar-refractivity contribution in [3.63, 3.8) is 0 Å². The van der Waals surface area contributed by atoms with Crippen molar-refractivity contribution in [2.45, 2.75) is 33.2 Å². The second-order valence-electron chi connectivity index (χ2n) is 4.40. The molecule has 0 aromatic carbocycles. The molecule has 1 aliphatic rings. The van der Waals surface area contributed by atoms with Gasteiger partial charge in [0.05, 0.1) is 5.69 Å². The first-order valence-electron chi connectivity index (χ1n) is 6.09. The molecular formula is C12H20N4O. The lowest BCUT2D eigenvalue weighted by Crippen LogP contribution is -2.39. The second-order valence-corrected chi connectivity index (χ2v) is 4.40.